The molecule has 4 heterocycles. The number of hydrogen-bond acceptors (Lipinski definition) is 9. The molecule has 0 saturated carbocycles. The van der Waals surface area contributed by atoms with Crippen molar-refractivity contribution in [3.05, 3.63) is 29.2 Å². The van der Waals surface area contributed by atoms with Gasteiger partial charge in [0, 0.05) is 26.4 Å². The van der Waals surface area contributed by atoms with Gasteiger partial charge in [0.25, 0.3) is 0 Å². The second kappa shape index (κ2) is 8.05. The van der Waals surface area contributed by atoms with Crippen molar-refractivity contribution in [3.8, 4) is 11.4 Å². The molecule has 5 rings (SSSR count). The zero-order valence-corrected chi connectivity index (χ0v) is 19.5. The van der Waals surface area contributed by atoms with E-state index in [1.54, 1.807) is 6.92 Å². The Kier molecular flexibility index (Phi) is 5.36. The second-order valence-electron chi connectivity index (χ2n) is 9.40. The molecule has 1 aromatic heterocycles. The highest BCUT2D eigenvalue weighted by atomic mass is 19.2. The molecule has 1 spiro atoms. The number of morpholine rings is 1. The number of carbonyl (C=O) groups excluding carboxylic acids is 3. The Morgan fingerprint density at radius 3 is 2.49 bits per heavy atom. The third kappa shape index (κ3) is 3.48. The molecule has 186 valence electrons. The predicted octanol–water partition coefficient (Wildman–Crippen LogP) is 0.756. The van der Waals surface area contributed by atoms with Crippen LogP contribution in [0.1, 0.15) is 18.4 Å². The number of hydrogen-bond donors (Lipinski definition) is 2. The summed E-state index contributed by atoms with van der Waals surface area (Å²) < 4.78 is 42.1. The van der Waals surface area contributed by atoms with Crippen LogP contribution in [0.3, 0.4) is 0 Å². The molecule has 11 nitrogen and oxygen atoms in total. The number of halogens is 2. The molecule has 0 unspecified atom stereocenters. The van der Waals surface area contributed by atoms with E-state index in [1.807, 2.05) is 19.0 Å². The first-order valence-corrected chi connectivity index (χ1v) is 11.1. The number of nitrogens with zero attached hydrogens (tertiary/aromatic N) is 4. The molecule has 2 saturated heterocycles. The predicted molar refractivity (Wildman–Crippen MR) is 116 cm³/mol. The van der Waals surface area contributed by atoms with Gasteiger partial charge in [-0.25, -0.2) is 13.6 Å². The van der Waals surface area contributed by atoms with E-state index < -0.39 is 53.1 Å². The molecule has 4 amide bonds. The minimum Gasteiger partial charge on any atom is -0.370 e. The lowest BCUT2D eigenvalue weighted by atomic mass is 9.66. The number of urea groups is 1. The first kappa shape index (κ1) is 23.3. The van der Waals surface area contributed by atoms with Crippen LogP contribution in [-0.4, -0.2) is 78.3 Å². The molecule has 0 aliphatic carbocycles. The highest BCUT2D eigenvalue weighted by molar-refractivity contribution is 6.20. The average Bonchev–Trinajstić information content (AvgIpc) is 3.19. The van der Waals surface area contributed by atoms with Crippen LogP contribution in [0.4, 0.5) is 19.3 Å². The Morgan fingerprint density at radius 1 is 1.20 bits per heavy atom. The van der Waals surface area contributed by atoms with Crippen LogP contribution in [0.15, 0.2) is 10.6 Å². The number of ether oxygens (including phenoxy) is 1. The maximum absolute atomic E-state index is 15.7. The molecule has 3 atom stereocenters. The Morgan fingerprint density at radius 2 is 1.89 bits per heavy atom. The van der Waals surface area contributed by atoms with Gasteiger partial charge in [-0.15, -0.1) is 0 Å². The highest BCUT2D eigenvalue weighted by Crippen LogP contribution is 2.49. The van der Waals surface area contributed by atoms with E-state index in [4.69, 9.17) is 9.26 Å². The number of aryl methyl sites for hydroxylation is 1. The van der Waals surface area contributed by atoms with Crippen molar-refractivity contribution in [1.29, 1.82) is 0 Å². The van der Waals surface area contributed by atoms with Crippen LogP contribution in [0.25, 0.3) is 11.4 Å². The number of aromatic nitrogens is 2. The van der Waals surface area contributed by atoms with Crippen LogP contribution in [-0.2, 0) is 20.7 Å². The van der Waals surface area contributed by atoms with Crippen LogP contribution in [0.5, 0.6) is 0 Å². The standard InChI is InChI=1S/C22H24F2N6O5/c1-9-17-22(19(31)26-21(33)27-20(22)32)6-11-5-13(18-25-10(2)35-28-18)14(23)15(24)16(11)30(17)8-12(34-9)7-29(3)4/h5,9,12,17H,6-8H2,1-4H3,(H2,26,27,31,32,33)/t9-,12+,17+/m0/s1. The van der Waals surface area contributed by atoms with E-state index in [2.05, 4.69) is 20.8 Å². The summed E-state index contributed by atoms with van der Waals surface area (Å²) in [5.74, 6) is -3.97. The number of anilines is 1. The van der Waals surface area contributed by atoms with Gasteiger partial charge in [0.05, 0.1) is 29.5 Å². The van der Waals surface area contributed by atoms with E-state index in [0.29, 0.717) is 6.54 Å². The number of nitrogens with one attached hydrogen (secondary N) is 2. The van der Waals surface area contributed by atoms with Gasteiger partial charge < -0.3 is 19.1 Å². The summed E-state index contributed by atoms with van der Waals surface area (Å²) in [5.41, 5.74) is -1.93. The number of rotatable bonds is 3. The van der Waals surface area contributed by atoms with Gasteiger partial charge in [-0.3, -0.25) is 20.2 Å². The minimum atomic E-state index is -1.82. The summed E-state index contributed by atoms with van der Waals surface area (Å²) in [6.45, 7) is 3.75. The molecule has 0 bridgehead atoms. The van der Waals surface area contributed by atoms with Crippen molar-refractivity contribution in [2.45, 2.75) is 38.5 Å². The molecule has 3 aliphatic rings. The van der Waals surface area contributed by atoms with Crippen LogP contribution >= 0.6 is 0 Å². The lowest BCUT2D eigenvalue weighted by Gasteiger charge is -2.55. The maximum atomic E-state index is 15.7. The average molecular weight is 490 g/mol. The number of imide groups is 2. The lowest BCUT2D eigenvalue weighted by molar-refractivity contribution is -0.154. The number of amides is 4. The van der Waals surface area contributed by atoms with E-state index in [0.717, 1.165) is 0 Å². The van der Waals surface area contributed by atoms with Crippen molar-refractivity contribution >= 4 is 23.5 Å². The normalized spacial score (nSPS) is 25.4. The van der Waals surface area contributed by atoms with E-state index in [9.17, 15) is 14.4 Å². The first-order valence-electron chi connectivity index (χ1n) is 11.1. The second-order valence-corrected chi connectivity index (χ2v) is 9.40. The first-order chi connectivity index (χ1) is 16.5. The van der Waals surface area contributed by atoms with Crippen molar-refractivity contribution in [2.24, 2.45) is 5.41 Å². The zero-order chi connectivity index (χ0) is 25.2. The summed E-state index contributed by atoms with van der Waals surface area (Å²) in [4.78, 5) is 45.8. The number of barbiturate groups is 1. The summed E-state index contributed by atoms with van der Waals surface area (Å²) in [7, 11) is 3.69. The Hall–Kier alpha value is -3.45. The molecule has 1 aromatic carbocycles. The number of carbonyl (C=O) groups is 3. The molecule has 0 radical (unpaired) electrons. The fraction of sp³-hybridized carbons (Fsp3) is 0.500. The zero-order valence-electron chi connectivity index (χ0n) is 19.5. The topological polar surface area (TPSA) is 130 Å². The molecular formula is C22H24F2N6O5. The fourth-order valence-electron chi connectivity index (χ4n) is 5.50. The quantitative estimate of drug-likeness (QED) is 0.599. The molecule has 13 heteroatoms. The van der Waals surface area contributed by atoms with E-state index in [-0.39, 0.29) is 41.5 Å². The van der Waals surface area contributed by atoms with Gasteiger partial charge in [0.15, 0.2) is 17.0 Å². The summed E-state index contributed by atoms with van der Waals surface area (Å²) in [6.07, 6.45) is -1.44. The van der Waals surface area contributed by atoms with Crippen LogP contribution < -0.4 is 15.5 Å². The number of benzene rings is 1. The summed E-state index contributed by atoms with van der Waals surface area (Å²) in [5, 5.41) is 8.02. The van der Waals surface area contributed by atoms with Gasteiger partial charge in [0.1, 0.15) is 0 Å². The van der Waals surface area contributed by atoms with Gasteiger partial charge >= 0.3 is 6.03 Å². The monoisotopic (exact) mass is 490 g/mol. The maximum Gasteiger partial charge on any atom is 0.328 e. The molecule has 2 N–H and O–H groups in total. The summed E-state index contributed by atoms with van der Waals surface area (Å²) in [6, 6.07) is -0.603. The van der Waals surface area contributed by atoms with Crippen LogP contribution in [0.2, 0.25) is 0 Å². The number of fused-ring (bicyclic) bond motifs is 4. The van der Waals surface area contributed by atoms with Crippen molar-refractivity contribution < 1.29 is 32.4 Å². The Balaban J connectivity index is 1.72. The van der Waals surface area contributed by atoms with Gasteiger partial charge in [-0.1, -0.05) is 5.16 Å². The van der Waals surface area contributed by atoms with E-state index in [1.165, 1.54) is 17.9 Å². The van der Waals surface area contributed by atoms with Crippen molar-refractivity contribution in [2.75, 3.05) is 32.1 Å². The fourth-order valence-corrected chi connectivity index (χ4v) is 5.50. The third-order valence-electron chi connectivity index (χ3n) is 6.71. The smallest absolute Gasteiger partial charge is 0.328 e. The van der Waals surface area contributed by atoms with Crippen molar-refractivity contribution in [1.82, 2.24) is 25.7 Å². The molecule has 2 fully saturated rings. The highest BCUT2D eigenvalue weighted by Gasteiger charge is 2.63. The molecular weight excluding hydrogens is 466 g/mol. The van der Waals surface area contributed by atoms with Gasteiger partial charge in [-0.2, -0.15) is 4.98 Å². The minimum absolute atomic E-state index is 0.0569. The Bertz CT molecular complexity index is 1230. The SMILES string of the molecule is Cc1nc(-c2cc3c(c(F)c2F)N2C[C@@H](CN(C)C)O[C@@H](C)[C@@H]2C2(C3)C(=O)NC(=O)NC2=O)no1. The van der Waals surface area contributed by atoms with Crippen molar-refractivity contribution in [3.63, 3.8) is 0 Å². The molecule has 2 aromatic rings. The number of likely N-dealkylation sites (N-methyl/N-ethyl adjacent to an activating group) is 1. The van der Waals surface area contributed by atoms with Gasteiger partial charge in [0.2, 0.25) is 23.5 Å². The molecule has 3 aliphatic heterocycles. The lowest BCUT2D eigenvalue weighted by Crippen LogP contribution is -2.75. The summed E-state index contributed by atoms with van der Waals surface area (Å²) >= 11 is 0. The molecule has 35 heavy (non-hydrogen) atoms. The third-order valence-corrected chi connectivity index (χ3v) is 6.71. The largest absolute Gasteiger partial charge is 0.370 e. The van der Waals surface area contributed by atoms with Gasteiger partial charge in [-0.05, 0) is 32.6 Å². The Labute approximate surface area is 198 Å². The van der Waals surface area contributed by atoms with E-state index >= 15 is 8.78 Å². The van der Waals surface area contributed by atoms with Crippen LogP contribution in [0, 0.1) is 24.0 Å².